The highest BCUT2D eigenvalue weighted by molar-refractivity contribution is 7.13. The van der Waals surface area contributed by atoms with Gasteiger partial charge in [0.15, 0.2) is 0 Å². The van der Waals surface area contributed by atoms with Gasteiger partial charge in [0, 0.05) is 6.20 Å². The molecule has 3 aromatic heterocycles. The predicted octanol–water partition coefficient (Wildman–Crippen LogP) is 4.04. The topological polar surface area (TPSA) is 75.6 Å². The molecular formula is C12H4Cl2N4OS. The molecule has 20 heavy (non-hydrogen) atoms. The van der Waals surface area contributed by atoms with E-state index in [0.29, 0.717) is 26.2 Å². The SMILES string of the molecule is N#Cc1ccsc1-c1nc(-c2ncc(Cl)cc2Cl)no1. The third kappa shape index (κ3) is 2.27. The van der Waals surface area contributed by atoms with Crippen molar-refractivity contribution in [2.24, 2.45) is 0 Å². The Morgan fingerprint density at radius 3 is 2.95 bits per heavy atom. The van der Waals surface area contributed by atoms with E-state index >= 15 is 0 Å². The number of aromatic nitrogens is 3. The standard InChI is InChI=1S/C12H4Cl2N4OS/c13-7-3-8(14)9(16-5-7)11-17-12(19-18-11)10-6(4-15)1-2-20-10/h1-3,5H. The van der Waals surface area contributed by atoms with Crippen molar-refractivity contribution in [3.63, 3.8) is 0 Å². The molecule has 0 unspecified atom stereocenters. The Labute approximate surface area is 127 Å². The molecule has 0 fully saturated rings. The van der Waals surface area contributed by atoms with Gasteiger partial charge in [-0.15, -0.1) is 11.3 Å². The minimum Gasteiger partial charge on any atom is -0.333 e. The number of hydrogen-bond donors (Lipinski definition) is 0. The van der Waals surface area contributed by atoms with E-state index < -0.39 is 0 Å². The second-order valence-corrected chi connectivity index (χ2v) is 5.44. The summed E-state index contributed by atoms with van der Waals surface area (Å²) in [5, 5.41) is 15.4. The number of halogens is 2. The van der Waals surface area contributed by atoms with E-state index in [4.69, 9.17) is 33.0 Å². The Kier molecular flexibility index (Phi) is 3.40. The lowest BCUT2D eigenvalue weighted by molar-refractivity contribution is 0.433. The fourth-order valence-corrected chi connectivity index (χ4v) is 2.78. The third-order valence-corrected chi connectivity index (χ3v) is 3.82. The van der Waals surface area contributed by atoms with Crippen molar-refractivity contribution in [1.29, 1.82) is 5.26 Å². The van der Waals surface area contributed by atoms with Crippen LogP contribution in [-0.4, -0.2) is 15.1 Å². The average molecular weight is 323 g/mol. The van der Waals surface area contributed by atoms with Crippen molar-refractivity contribution in [2.45, 2.75) is 0 Å². The zero-order chi connectivity index (χ0) is 14.1. The molecule has 0 aromatic carbocycles. The molecule has 0 radical (unpaired) electrons. The molecule has 3 heterocycles. The lowest BCUT2D eigenvalue weighted by Crippen LogP contribution is -1.87. The summed E-state index contributed by atoms with van der Waals surface area (Å²) in [5.41, 5.74) is 0.862. The first-order valence-electron chi connectivity index (χ1n) is 5.32. The van der Waals surface area contributed by atoms with Gasteiger partial charge in [-0.2, -0.15) is 10.2 Å². The van der Waals surface area contributed by atoms with E-state index in [1.165, 1.54) is 17.5 Å². The van der Waals surface area contributed by atoms with Crippen LogP contribution in [0, 0.1) is 11.3 Å². The second kappa shape index (κ2) is 5.21. The van der Waals surface area contributed by atoms with E-state index in [0.717, 1.165) is 0 Å². The predicted molar refractivity (Wildman–Crippen MR) is 75.6 cm³/mol. The van der Waals surface area contributed by atoms with Crippen LogP contribution in [0.1, 0.15) is 5.56 Å². The Hall–Kier alpha value is -1.94. The quantitative estimate of drug-likeness (QED) is 0.711. The highest BCUT2D eigenvalue weighted by Gasteiger charge is 2.17. The number of nitrogens with zero attached hydrogens (tertiary/aromatic N) is 4. The molecular weight excluding hydrogens is 319 g/mol. The van der Waals surface area contributed by atoms with Crippen LogP contribution in [0.2, 0.25) is 10.0 Å². The molecule has 0 aliphatic rings. The van der Waals surface area contributed by atoms with Gasteiger partial charge in [0.05, 0.1) is 15.6 Å². The van der Waals surface area contributed by atoms with Gasteiger partial charge in [0.2, 0.25) is 5.82 Å². The molecule has 0 spiro atoms. The number of thiophene rings is 1. The summed E-state index contributed by atoms with van der Waals surface area (Å²) >= 11 is 13.2. The van der Waals surface area contributed by atoms with E-state index in [-0.39, 0.29) is 11.7 Å². The first kappa shape index (κ1) is 13.1. The van der Waals surface area contributed by atoms with E-state index in [1.807, 2.05) is 0 Å². The fourth-order valence-electron chi connectivity index (χ4n) is 1.55. The van der Waals surface area contributed by atoms with Crippen LogP contribution >= 0.6 is 34.5 Å². The normalized spacial score (nSPS) is 10.4. The summed E-state index contributed by atoms with van der Waals surface area (Å²) in [7, 11) is 0. The Bertz CT molecular complexity index is 821. The molecule has 0 amide bonds. The molecule has 8 heteroatoms. The molecule has 0 N–H and O–H groups in total. The monoisotopic (exact) mass is 322 g/mol. The van der Waals surface area contributed by atoms with Crippen LogP contribution in [0.4, 0.5) is 0 Å². The Morgan fingerprint density at radius 1 is 1.35 bits per heavy atom. The summed E-state index contributed by atoms with van der Waals surface area (Å²) < 4.78 is 5.16. The molecule has 0 atom stereocenters. The van der Waals surface area contributed by atoms with Gasteiger partial charge in [0.1, 0.15) is 16.6 Å². The summed E-state index contributed by atoms with van der Waals surface area (Å²) in [5.74, 6) is 0.512. The van der Waals surface area contributed by atoms with Crippen LogP contribution in [0.15, 0.2) is 28.2 Å². The maximum absolute atomic E-state index is 8.99. The van der Waals surface area contributed by atoms with Crippen LogP contribution in [0.25, 0.3) is 22.3 Å². The van der Waals surface area contributed by atoms with E-state index in [2.05, 4.69) is 21.2 Å². The second-order valence-electron chi connectivity index (χ2n) is 3.68. The molecule has 0 saturated carbocycles. The molecule has 0 aliphatic heterocycles. The largest absolute Gasteiger partial charge is 0.333 e. The lowest BCUT2D eigenvalue weighted by atomic mass is 10.3. The zero-order valence-corrected chi connectivity index (χ0v) is 12.0. The molecule has 3 aromatic rings. The van der Waals surface area contributed by atoms with Crippen molar-refractivity contribution in [1.82, 2.24) is 15.1 Å². The first-order chi connectivity index (χ1) is 9.69. The summed E-state index contributed by atoms with van der Waals surface area (Å²) in [6.07, 6.45) is 1.45. The van der Waals surface area contributed by atoms with Crippen molar-refractivity contribution < 1.29 is 4.52 Å². The molecule has 0 saturated heterocycles. The van der Waals surface area contributed by atoms with Crippen LogP contribution in [0.5, 0.6) is 0 Å². The molecule has 0 bridgehead atoms. The van der Waals surface area contributed by atoms with Gasteiger partial charge < -0.3 is 4.52 Å². The Balaban J connectivity index is 2.05. The van der Waals surface area contributed by atoms with Crippen LogP contribution in [-0.2, 0) is 0 Å². The van der Waals surface area contributed by atoms with Crippen molar-refractivity contribution >= 4 is 34.5 Å². The zero-order valence-electron chi connectivity index (χ0n) is 9.67. The molecule has 0 aliphatic carbocycles. The van der Waals surface area contributed by atoms with Crippen LogP contribution < -0.4 is 0 Å². The van der Waals surface area contributed by atoms with E-state index in [9.17, 15) is 0 Å². The van der Waals surface area contributed by atoms with Crippen molar-refractivity contribution in [3.05, 3.63) is 39.3 Å². The highest BCUT2D eigenvalue weighted by atomic mass is 35.5. The number of pyridine rings is 1. The minimum atomic E-state index is 0.249. The lowest BCUT2D eigenvalue weighted by Gasteiger charge is -1.97. The summed E-state index contributed by atoms with van der Waals surface area (Å²) in [4.78, 5) is 8.91. The molecule has 98 valence electrons. The van der Waals surface area contributed by atoms with Gasteiger partial charge in [0.25, 0.3) is 5.89 Å². The first-order valence-corrected chi connectivity index (χ1v) is 6.95. The Morgan fingerprint density at radius 2 is 2.20 bits per heavy atom. The number of rotatable bonds is 2. The smallest absolute Gasteiger partial charge is 0.269 e. The van der Waals surface area contributed by atoms with Crippen molar-refractivity contribution in [3.8, 4) is 28.4 Å². The van der Waals surface area contributed by atoms with Gasteiger partial charge >= 0.3 is 0 Å². The fraction of sp³-hybridized carbons (Fsp3) is 0. The average Bonchev–Trinajstić information content (AvgIpc) is 3.06. The van der Waals surface area contributed by atoms with Gasteiger partial charge in [-0.3, -0.25) is 0 Å². The third-order valence-electron chi connectivity index (χ3n) is 2.43. The summed E-state index contributed by atoms with van der Waals surface area (Å²) in [6, 6.07) is 5.31. The van der Waals surface area contributed by atoms with Crippen LogP contribution in [0.3, 0.4) is 0 Å². The van der Waals surface area contributed by atoms with Gasteiger partial charge in [-0.25, -0.2) is 4.98 Å². The maximum Gasteiger partial charge on any atom is 0.269 e. The summed E-state index contributed by atoms with van der Waals surface area (Å²) in [6.45, 7) is 0. The maximum atomic E-state index is 8.99. The number of nitriles is 1. The van der Waals surface area contributed by atoms with Crippen molar-refractivity contribution in [2.75, 3.05) is 0 Å². The van der Waals surface area contributed by atoms with E-state index in [1.54, 1.807) is 17.5 Å². The highest BCUT2D eigenvalue weighted by Crippen LogP contribution is 2.31. The van der Waals surface area contributed by atoms with Gasteiger partial charge in [-0.1, -0.05) is 28.4 Å². The minimum absolute atomic E-state index is 0.249. The number of hydrogen-bond acceptors (Lipinski definition) is 6. The molecule has 5 nitrogen and oxygen atoms in total. The molecule has 3 rings (SSSR count). The van der Waals surface area contributed by atoms with Gasteiger partial charge in [-0.05, 0) is 17.5 Å².